The molecule has 0 aromatic carbocycles. The van der Waals surface area contributed by atoms with Gasteiger partial charge in [-0.1, -0.05) is 13.8 Å². The number of hydrogen-bond acceptors (Lipinski definition) is 5. The maximum Gasteiger partial charge on any atom is 0.135 e. The van der Waals surface area contributed by atoms with Gasteiger partial charge in [0, 0.05) is 38.7 Å². The fourth-order valence-electron chi connectivity index (χ4n) is 1.81. The molecule has 1 aromatic heterocycles. The Bertz CT molecular complexity index is 393. The van der Waals surface area contributed by atoms with Crippen LogP contribution < -0.4 is 10.2 Å². The Labute approximate surface area is 116 Å². The van der Waals surface area contributed by atoms with Crippen molar-refractivity contribution in [1.29, 1.82) is 0 Å². The Hall–Kier alpha value is -1.36. The minimum atomic E-state index is 0.309. The molecule has 0 saturated carbocycles. The largest absolute Gasteiger partial charge is 0.383 e. The van der Waals surface area contributed by atoms with Crippen molar-refractivity contribution in [2.24, 2.45) is 0 Å². The van der Waals surface area contributed by atoms with Crippen LogP contribution in [-0.4, -0.2) is 43.3 Å². The quantitative estimate of drug-likeness (QED) is 0.821. The van der Waals surface area contributed by atoms with Crippen LogP contribution in [0.1, 0.15) is 39.4 Å². The van der Waals surface area contributed by atoms with Crippen molar-refractivity contribution in [1.82, 2.24) is 9.97 Å². The minimum absolute atomic E-state index is 0.309. The maximum absolute atomic E-state index is 5.18. The van der Waals surface area contributed by atoms with E-state index in [2.05, 4.69) is 47.9 Å². The molecule has 0 aliphatic heterocycles. The molecule has 0 saturated heterocycles. The standard InChI is InChI=1S/C14H26N4O/c1-10(2)14-16-12(15-5)9-13(17-14)18(11(3)4)7-8-19-6/h9-11H,7-8H2,1-6H3,(H,15,16,17). The topological polar surface area (TPSA) is 50.3 Å². The SMILES string of the molecule is CNc1cc(N(CCOC)C(C)C)nc(C(C)C)n1. The highest BCUT2D eigenvalue weighted by atomic mass is 16.5. The van der Waals surface area contributed by atoms with Gasteiger partial charge >= 0.3 is 0 Å². The van der Waals surface area contributed by atoms with Crippen LogP contribution in [0.3, 0.4) is 0 Å². The van der Waals surface area contributed by atoms with E-state index in [-0.39, 0.29) is 0 Å². The summed E-state index contributed by atoms with van der Waals surface area (Å²) >= 11 is 0. The molecule has 0 spiro atoms. The smallest absolute Gasteiger partial charge is 0.135 e. The van der Waals surface area contributed by atoms with Crippen molar-refractivity contribution in [2.75, 3.05) is 37.5 Å². The summed E-state index contributed by atoms with van der Waals surface area (Å²) in [5.74, 6) is 2.99. The predicted octanol–water partition coefficient (Wildman–Crippen LogP) is 2.50. The Morgan fingerprint density at radius 3 is 2.42 bits per heavy atom. The van der Waals surface area contributed by atoms with Crippen LogP contribution in [-0.2, 0) is 4.74 Å². The van der Waals surface area contributed by atoms with Crippen LogP contribution in [0.5, 0.6) is 0 Å². The molecule has 0 bridgehead atoms. The highest BCUT2D eigenvalue weighted by Gasteiger charge is 2.15. The van der Waals surface area contributed by atoms with Gasteiger partial charge in [0.1, 0.15) is 17.5 Å². The van der Waals surface area contributed by atoms with Crippen LogP contribution in [0.4, 0.5) is 11.6 Å². The third-order valence-electron chi connectivity index (χ3n) is 2.96. The first kappa shape index (κ1) is 15.7. The molecule has 1 N–H and O–H groups in total. The first-order chi connectivity index (χ1) is 8.99. The van der Waals surface area contributed by atoms with E-state index in [1.807, 2.05) is 13.1 Å². The lowest BCUT2D eigenvalue weighted by atomic mass is 10.2. The summed E-state index contributed by atoms with van der Waals surface area (Å²) < 4.78 is 5.18. The molecule has 1 heterocycles. The van der Waals surface area contributed by atoms with Gasteiger partial charge in [0.2, 0.25) is 0 Å². The molecule has 108 valence electrons. The van der Waals surface area contributed by atoms with Crippen molar-refractivity contribution < 1.29 is 4.74 Å². The lowest BCUT2D eigenvalue weighted by Gasteiger charge is -2.28. The molecule has 1 aromatic rings. The van der Waals surface area contributed by atoms with Crippen LogP contribution in [0.2, 0.25) is 0 Å². The highest BCUT2D eigenvalue weighted by molar-refractivity contribution is 5.50. The van der Waals surface area contributed by atoms with E-state index in [0.29, 0.717) is 18.6 Å². The molecule has 0 amide bonds. The lowest BCUT2D eigenvalue weighted by molar-refractivity contribution is 0.203. The van der Waals surface area contributed by atoms with E-state index in [4.69, 9.17) is 4.74 Å². The van der Waals surface area contributed by atoms with Gasteiger partial charge in [0.05, 0.1) is 6.61 Å². The fourth-order valence-corrected chi connectivity index (χ4v) is 1.81. The number of hydrogen-bond donors (Lipinski definition) is 1. The Morgan fingerprint density at radius 2 is 1.95 bits per heavy atom. The first-order valence-electron chi connectivity index (χ1n) is 6.81. The third kappa shape index (κ3) is 4.35. The van der Waals surface area contributed by atoms with E-state index in [1.165, 1.54) is 0 Å². The second kappa shape index (κ2) is 7.28. The fraction of sp³-hybridized carbons (Fsp3) is 0.714. The first-order valence-corrected chi connectivity index (χ1v) is 6.81. The molecule has 0 aliphatic rings. The second-order valence-electron chi connectivity index (χ2n) is 5.15. The Balaban J connectivity index is 3.10. The number of ether oxygens (including phenoxy) is 1. The van der Waals surface area contributed by atoms with Crippen LogP contribution >= 0.6 is 0 Å². The molecular formula is C14H26N4O. The molecule has 0 atom stereocenters. The maximum atomic E-state index is 5.18. The van der Waals surface area contributed by atoms with Gasteiger partial charge in [-0.2, -0.15) is 0 Å². The average molecular weight is 266 g/mol. The zero-order valence-corrected chi connectivity index (χ0v) is 12.9. The van der Waals surface area contributed by atoms with E-state index in [9.17, 15) is 0 Å². The van der Waals surface area contributed by atoms with E-state index < -0.39 is 0 Å². The summed E-state index contributed by atoms with van der Waals surface area (Å²) in [7, 11) is 3.60. The van der Waals surface area contributed by atoms with Gasteiger partial charge in [0.25, 0.3) is 0 Å². The van der Waals surface area contributed by atoms with Gasteiger partial charge in [-0.25, -0.2) is 9.97 Å². The van der Waals surface area contributed by atoms with Crippen molar-refractivity contribution >= 4 is 11.6 Å². The summed E-state index contributed by atoms with van der Waals surface area (Å²) in [4.78, 5) is 11.4. The number of nitrogens with one attached hydrogen (secondary N) is 1. The monoisotopic (exact) mass is 266 g/mol. The summed E-state index contributed by atoms with van der Waals surface area (Å²) in [6, 6.07) is 2.36. The molecular weight excluding hydrogens is 240 g/mol. The zero-order valence-electron chi connectivity index (χ0n) is 12.9. The second-order valence-corrected chi connectivity index (χ2v) is 5.15. The van der Waals surface area contributed by atoms with Gasteiger partial charge in [-0.3, -0.25) is 0 Å². The van der Waals surface area contributed by atoms with Crippen molar-refractivity contribution in [3.05, 3.63) is 11.9 Å². The Kier molecular flexibility index (Phi) is 6.02. The molecule has 0 aliphatic carbocycles. The van der Waals surface area contributed by atoms with Crippen LogP contribution in [0, 0.1) is 0 Å². The number of aromatic nitrogens is 2. The normalized spacial score (nSPS) is 11.2. The molecule has 0 radical (unpaired) electrons. The number of anilines is 2. The van der Waals surface area contributed by atoms with Gasteiger partial charge in [-0.15, -0.1) is 0 Å². The summed E-state index contributed by atoms with van der Waals surface area (Å²) in [5.41, 5.74) is 0. The minimum Gasteiger partial charge on any atom is -0.383 e. The van der Waals surface area contributed by atoms with Crippen LogP contribution in [0.15, 0.2) is 6.07 Å². The van der Waals surface area contributed by atoms with Gasteiger partial charge < -0.3 is 15.0 Å². The van der Waals surface area contributed by atoms with E-state index in [0.717, 1.165) is 24.0 Å². The molecule has 0 unspecified atom stereocenters. The Morgan fingerprint density at radius 1 is 1.26 bits per heavy atom. The van der Waals surface area contributed by atoms with Gasteiger partial charge in [0.15, 0.2) is 0 Å². The number of methoxy groups -OCH3 is 1. The summed E-state index contributed by atoms with van der Waals surface area (Å²) in [5, 5.41) is 3.10. The number of nitrogens with zero attached hydrogens (tertiary/aromatic N) is 3. The number of rotatable bonds is 7. The summed E-state index contributed by atoms with van der Waals surface area (Å²) in [6.07, 6.45) is 0. The van der Waals surface area contributed by atoms with Crippen LogP contribution in [0.25, 0.3) is 0 Å². The molecule has 5 heteroatoms. The molecule has 0 fully saturated rings. The van der Waals surface area contributed by atoms with E-state index in [1.54, 1.807) is 7.11 Å². The molecule has 5 nitrogen and oxygen atoms in total. The van der Waals surface area contributed by atoms with Crippen molar-refractivity contribution in [2.45, 2.75) is 39.7 Å². The summed E-state index contributed by atoms with van der Waals surface area (Å²) in [6.45, 7) is 10.0. The zero-order chi connectivity index (χ0) is 14.4. The average Bonchev–Trinajstić information content (AvgIpc) is 2.38. The third-order valence-corrected chi connectivity index (χ3v) is 2.96. The molecule has 19 heavy (non-hydrogen) atoms. The van der Waals surface area contributed by atoms with Crippen molar-refractivity contribution in [3.63, 3.8) is 0 Å². The lowest BCUT2D eigenvalue weighted by Crippen LogP contribution is -2.34. The van der Waals surface area contributed by atoms with Gasteiger partial charge in [-0.05, 0) is 13.8 Å². The van der Waals surface area contributed by atoms with Crippen molar-refractivity contribution in [3.8, 4) is 0 Å². The highest BCUT2D eigenvalue weighted by Crippen LogP contribution is 2.21. The molecule has 1 rings (SSSR count). The van der Waals surface area contributed by atoms with E-state index >= 15 is 0 Å². The predicted molar refractivity (Wildman–Crippen MR) is 80.0 cm³/mol.